The van der Waals surface area contributed by atoms with Crippen LogP contribution in [0.1, 0.15) is 37.5 Å². The Morgan fingerprint density at radius 1 is 1.32 bits per heavy atom. The Balaban J connectivity index is 2.14. The van der Waals surface area contributed by atoms with Gasteiger partial charge in [0.25, 0.3) is 0 Å². The second kappa shape index (κ2) is 4.76. The van der Waals surface area contributed by atoms with Crippen LogP contribution in [0, 0.1) is 6.92 Å². The summed E-state index contributed by atoms with van der Waals surface area (Å²) in [4.78, 5) is 13.8. The van der Waals surface area contributed by atoms with Gasteiger partial charge in [-0.05, 0) is 56.9 Å². The number of hydrogen-bond acceptors (Lipinski definition) is 3. The third kappa shape index (κ3) is 3.19. The zero-order chi connectivity index (χ0) is 14.2. The number of nitrogens with zero attached hydrogens (tertiary/aromatic N) is 1. The Hall–Kier alpha value is -1.71. The van der Waals surface area contributed by atoms with Crippen LogP contribution in [0.15, 0.2) is 12.1 Å². The van der Waals surface area contributed by atoms with Crippen molar-refractivity contribution in [2.75, 3.05) is 12.3 Å². The fourth-order valence-corrected chi connectivity index (χ4v) is 2.23. The lowest BCUT2D eigenvalue weighted by atomic mass is 9.97. The molecule has 104 valence electrons. The number of amides is 1. The number of nitrogens with two attached hydrogens (primary N) is 1. The van der Waals surface area contributed by atoms with E-state index >= 15 is 0 Å². The molecule has 1 aromatic rings. The highest BCUT2D eigenvalue weighted by atomic mass is 16.6. The van der Waals surface area contributed by atoms with Crippen molar-refractivity contribution in [3.05, 3.63) is 28.8 Å². The van der Waals surface area contributed by atoms with Gasteiger partial charge in [-0.25, -0.2) is 4.79 Å². The number of nitrogen functional groups attached to an aromatic ring is 1. The highest BCUT2D eigenvalue weighted by molar-refractivity contribution is 5.69. The van der Waals surface area contributed by atoms with Crippen molar-refractivity contribution in [3.63, 3.8) is 0 Å². The van der Waals surface area contributed by atoms with E-state index in [1.165, 1.54) is 5.56 Å². The van der Waals surface area contributed by atoms with Gasteiger partial charge in [0.15, 0.2) is 0 Å². The molecule has 0 atom stereocenters. The minimum absolute atomic E-state index is 0.253. The third-order valence-corrected chi connectivity index (χ3v) is 3.25. The lowest BCUT2D eigenvalue weighted by molar-refractivity contribution is 0.0224. The summed E-state index contributed by atoms with van der Waals surface area (Å²) >= 11 is 0. The van der Waals surface area contributed by atoms with Crippen LogP contribution in [0.5, 0.6) is 0 Å². The van der Waals surface area contributed by atoms with Crippen molar-refractivity contribution in [1.29, 1.82) is 0 Å². The van der Waals surface area contributed by atoms with Gasteiger partial charge in [0.2, 0.25) is 0 Å². The predicted molar refractivity (Wildman–Crippen MR) is 75.9 cm³/mol. The maximum atomic E-state index is 12.0. The standard InChI is InChI=1S/C15H22N2O2/c1-10-7-11-5-6-17(9-12(11)8-13(10)16)14(18)19-15(2,3)4/h7-8H,5-6,9,16H2,1-4H3. The molecule has 1 aromatic carbocycles. The first-order valence-electron chi connectivity index (χ1n) is 6.62. The summed E-state index contributed by atoms with van der Waals surface area (Å²) in [5.41, 5.74) is 9.77. The molecule has 1 amide bonds. The van der Waals surface area contributed by atoms with Crippen molar-refractivity contribution < 1.29 is 9.53 Å². The van der Waals surface area contributed by atoms with Gasteiger partial charge in [-0.15, -0.1) is 0 Å². The zero-order valence-corrected chi connectivity index (χ0v) is 12.1. The van der Waals surface area contributed by atoms with E-state index in [-0.39, 0.29) is 6.09 Å². The summed E-state index contributed by atoms with van der Waals surface area (Å²) in [5.74, 6) is 0. The van der Waals surface area contributed by atoms with E-state index in [9.17, 15) is 4.79 Å². The number of rotatable bonds is 0. The van der Waals surface area contributed by atoms with Gasteiger partial charge in [-0.2, -0.15) is 0 Å². The second-order valence-electron chi connectivity index (χ2n) is 6.13. The van der Waals surface area contributed by atoms with Crippen LogP contribution in [-0.2, 0) is 17.7 Å². The minimum Gasteiger partial charge on any atom is -0.444 e. The van der Waals surface area contributed by atoms with Crippen LogP contribution in [0.2, 0.25) is 0 Å². The number of carbonyl (C=O) groups excluding carboxylic acids is 1. The third-order valence-electron chi connectivity index (χ3n) is 3.25. The molecule has 1 aliphatic rings. The topological polar surface area (TPSA) is 55.6 Å². The van der Waals surface area contributed by atoms with Gasteiger partial charge in [0.05, 0.1) is 0 Å². The largest absolute Gasteiger partial charge is 0.444 e. The SMILES string of the molecule is Cc1cc2c(cc1N)CN(C(=O)OC(C)(C)C)CC2. The Morgan fingerprint density at radius 3 is 2.63 bits per heavy atom. The molecule has 0 fully saturated rings. The van der Waals surface area contributed by atoms with Gasteiger partial charge in [-0.3, -0.25) is 0 Å². The van der Waals surface area contributed by atoms with E-state index in [0.29, 0.717) is 13.1 Å². The monoisotopic (exact) mass is 262 g/mol. The lowest BCUT2D eigenvalue weighted by Crippen LogP contribution is -2.39. The highest BCUT2D eigenvalue weighted by Crippen LogP contribution is 2.25. The molecule has 1 aliphatic heterocycles. The normalized spacial score (nSPS) is 15.1. The fraction of sp³-hybridized carbons (Fsp3) is 0.533. The Labute approximate surface area is 114 Å². The summed E-state index contributed by atoms with van der Waals surface area (Å²) in [6, 6.07) is 4.10. The molecule has 0 aliphatic carbocycles. The van der Waals surface area contributed by atoms with Crippen molar-refractivity contribution in [3.8, 4) is 0 Å². The second-order valence-corrected chi connectivity index (χ2v) is 6.13. The van der Waals surface area contributed by atoms with Crippen LogP contribution in [0.25, 0.3) is 0 Å². The van der Waals surface area contributed by atoms with Crippen LogP contribution in [0.3, 0.4) is 0 Å². The molecular formula is C15H22N2O2. The van der Waals surface area contributed by atoms with Crippen LogP contribution < -0.4 is 5.73 Å². The first kappa shape index (κ1) is 13.7. The number of benzene rings is 1. The summed E-state index contributed by atoms with van der Waals surface area (Å²) in [6.07, 6.45) is 0.604. The van der Waals surface area contributed by atoms with Crippen LogP contribution in [-0.4, -0.2) is 23.1 Å². The van der Waals surface area contributed by atoms with Gasteiger partial charge in [-0.1, -0.05) is 6.07 Å². The van der Waals surface area contributed by atoms with Crippen LogP contribution >= 0.6 is 0 Å². The number of carbonyl (C=O) groups is 1. The molecule has 4 nitrogen and oxygen atoms in total. The van der Waals surface area contributed by atoms with Crippen molar-refractivity contribution in [1.82, 2.24) is 4.90 Å². The Bertz CT molecular complexity index is 504. The van der Waals surface area contributed by atoms with Crippen LogP contribution in [0.4, 0.5) is 10.5 Å². The molecule has 0 spiro atoms. The van der Waals surface area contributed by atoms with Gasteiger partial charge < -0.3 is 15.4 Å². The maximum Gasteiger partial charge on any atom is 0.410 e. The predicted octanol–water partition coefficient (Wildman–Crippen LogP) is 2.87. The average molecular weight is 262 g/mol. The lowest BCUT2D eigenvalue weighted by Gasteiger charge is -2.31. The molecule has 2 N–H and O–H groups in total. The van der Waals surface area contributed by atoms with E-state index in [1.807, 2.05) is 33.8 Å². The number of fused-ring (bicyclic) bond motifs is 1. The Kier molecular flexibility index (Phi) is 3.43. The van der Waals surface area contributed by atoms with Crippen molar-refractivity contribution >= 4 is 11.8 Å². The molecule has 2 rings (SSSR count). The number of ether oxygens (including phenoxy) is 1. The molecule has 0 saturated heterocycles. The fourth-order valence-electron chi connectivity index (χ4n) is 2.23. The summed E-state index contributed by atoms with van der Waals surface area (Å²) in [7, 11) is 0. The van der Waals surface area contributed by atoms with Gasteiger partial charge >= 0.3 is 6.09 Å². The van der Waals surface area contributed by atoms with E-state index in [4.69, 9.17) is 10.5 Å². The highest BCUT2D eigenvalue weighted by Gasteiger charge is 2.25. The molecule has 0 saturated carbocycles. The molecular weight excluding hydrogens is 240 g/mol. The number of aryl methyl sites for hydroxylation is 1. The molecule has 4 heteroatoms. The quantitative estimate of drug-likeness (QED) is 0.731. The molecule has 0 unspecified atom stereocenters. The summed E-state index contributed by atoms with van der Waals surface area (Å²) < 4.78 is 5.40. The van der Waals surface area contributed by atoms with E-state index < -0.39 is 5.60 Å². The van der Waals surface area contributed by atoms with E-state index in [1.54, 1.807) is 4.90 Å². The minimum atomic E-state index is -0.455. The molecule has 0 bridgehead atoms. The molecule has 0 radical (unpaired) electrons. The maximum absolute atomic E-state index is 12.0. The first-order valence-corrected chi connectivity index (χ1v) is 6.62. The Morgan fingerprint density at radius 2 is 2.00 bits per heavy atom. The number of anilines is 1. The average Bonchev–Trinajstić information content (AvgIpc) is 2.27. The zero-order valence-electron chi connectivity index (χ0n) is 12.1. The molecule has 0 aromatic heterocycles. The van der Waals surface area contributed by atoms with Gasteiger partial charge in [0, 0.05) is 18.8 Å². The van der Waals surface area contributed by atoms with Gasteiger partial charge in [0.1, 0.15) is 5.60 Å². The van der Waals surface area contributed by atoms with E-state index in [0.717, 1.165) is 23.2 Å². The smallest absolute Gasteiger partial charge is 0.410 e. The van der Waals surface area contributed by atoms with Crippen molar-refractivity contribution in [2.24, 2.45) is 0 Å². The number of hydrogen-bond donors (Lipinski definition) is 1. The molecule has 19 heavy (non-hydrogen) atoms. The van der Waals surface area contributed by atoms with E-state index in [2.05, 4.69) is 6.07 Å². The van der Waals surface area contributed by atoms with Crippen molar-refractivity contribution in [2.45, 2.75) is 46.3 Å². The summed E-state index contributed by atoms with van der Waals surface area (Å²) in [6.45, 7) is 8.92. The summed E-state index contributed by atoms with van der Waals surface area (Å²) in [5, 5.41) is 0. The molecule has 1 heterocycles. The first-order chi connectivity index (χ1) is 8.76.